The second-order valence-electron chi connectivity index (χ2n) is 4.24. The highest BCUT2D eigenvalue weighted by atomic mass is 35.5. The zero-order chi connectivity index (χ0) is 13.3. The molecule has 1 aliphatic rings. The molecule has 1 fully saturated rings. The summed E-state index contributed by atoms with van der Waals surface area (Å²) in [6, 6.07) is 2.75. The van der Waals surface area contributed by atoms with Gasteiger partial charge in [-0.3, -0.25) is 4.79 Å². The molecule has 7 heteroatoms. The van der Waals surface area contributed by atoms with Gasteiger partial charge in [-0.05, 0) is 36.6 Å². The lowest BCUT2D eigenvalue weighted by molar-refractivity contribution is -0.184. The van der Waals surface area contributed by atoms with Crippen LogP contribution < -0.4 is 0 Å². The summed E-state index contributed by atoms with van der Waals surface area (Å²) in [4.78, 5) is 13.1. The van der Waals surface area contributed by atoms with E-state index in [1.165, 1.54) is 12.1 Å². The van der Waals surface area contributed by atoms with Gasteiger partial charge in [-0.15, -0.1) is 0 Å². The number of nitrogens with zero attached hydrogens (tertiary/aromatic N) is 1. The fourth-order valence-electron chi connectivity index (χ4n) is 2.01. The largest absolute Gasteiger partial charge is 0.440 e. The third-order valence-corrected chi connectivity index (χ3v) is 3.16. The van der Waals surface area contributed by atoms with Crippen molar-refractivity contribution in [2.24, 2.45) is 5.92 Å². The summed E-state index contributed by atoms with van der Waals surface area (Å²) in [5.74, 6) is -2.03. The maximum absolute atomic E-state index is 12.6. The highest BCUT2D eigenvalue weighted by Gasteiger charge is 2.43. The molecule has 2 rings (SSSR count). The predicted octanol–water partition coefficient (Wildman–Crippen LogP) is 3.35. The molecular formula is C11H11ClF3NO2. The van der Waals surface area contributed by atoms with E-state index in [0.717, 1.165) is 4.90 Å². The molecule has 3 nitrogen and oxygen atoms in total. The average Bonchev–Trinajstić information content (AvgIpc) is 2.74. The van der Waals surface area contributed by atoms with E-state index in [1.54, 1.807) is 0 Å². The van der Waals surface area contributed by atoms with Crippen LogP contribution in [0.1, 0.15) is 23.4 Å². The lowest BCUT2D eigenvalue weighted by atomic mass is 9.97. The van der Waals surface area contributed by atoms with Crippen LogP contribution in [0.15, 0.2) is 16.5 Å². The number of hydrogen-bond donors (Lipinski definition) is 0. The van der Waals surface area contributed by atoms with Gasteiger partial charge >= 0.3 is 6.18 Å². The Morgan fingerprint density at radius 2 is 2.17 bits per heavy atom. The molecule has 1 unspecified atom stereocenters. The molecule has 1 saturated heterocycles. The Hall–Kier alpha value is -1.17. The molecule has 0 radical (unpaired) electrons. The number of halogens is 4. The van der Waals surface area contributed by atoms with Crippen molar-refractivity contribution in [2.75, 3.05) is 13.1 Å². The van der Waals surface area contributed by atoms with Crippen molar-refractivity contribution in [1.29, 1.82) is 0 Å². The van der Waals surface area contributed by atoms with Crippen molar-refractivity contribution in [2.45, 2.75) is 19.0 Å². The number of likely N-dealkylation sites (tertiary alicyclic amines) is 1. The van der Waals surface area contributed by atoms with Gasteiger partial charge in [0.05, 0.1) is 5.92 Å². The van der Waals surface area contributed by atoms with Gasteiger partial charge in [0.25, 0.3) is 5.91 Å². The lowest BCUT2D eigenvalue weighted by Gasteiger charge is -2.33. The molecule has 0 spiro atoms. The molecule has 0 aliphatic carbocycles. The molecular weight excluding hydrogens is 271 g/mol. The minimum Gasteiger partial charge on any atom is -0.440 e. The van der Waals surface area contributed by atoms with Gasteiger partial charge in [0.2, 0.25) is 0 Å². The Kier molecular flexibility index (Phi) is 3.56. The first-order valence-electron chi connectivity index (χ1n) is 5.49. The first-order valence-corrected chi connectivity index (χ1v) is 5.87. The van der Waals surface area contributed by atoms with E-state index in [-0.39, 0.29) is 23.9 Å². The molecule has 2 heterocycles. The van der Waals surface area contributed by atoms with Gasteiger partial charge in [0.1, 0.15) is 0 Å². The monoisotopic (exact) mass is 281 g/mol. The minimum absolute atomic E-state index is 0.0252. The molecule has 100 valence electrons. The number of alkyl halides is 3. The van der Waals surface area contributed by atoms with E-state index >= 15 is 0 Å². The zero-order valence-corrected chi connectivity index (χ0v) is 10.1. The van der Waals surface area contributed by atoms with Crippen LogP contribution in [0.2, 0.25) is 5.22 Å². The van der Waals surface area contributed by atoms with E-state index in [2.05, 4.69) is 0 Å². The Morgan fingerprint density at radius 1 is 1.44 bits per heavy atom. The third kappa shape index (κ3) is 2.80. The van der Waals surface area contributed by atoms with Gasteiger partial charge in [0, 0.05) is 13.1 Å². The van der Waals surface area contributed by atoms with Crippen LogP contribution in [0.4, 0.5) is 13.2 Å². The number of furan rings is 1. The molecule has 0 aromatic carbocycles. The molecule has 0 saturated carbocycles. The quantitative estimate of drug-likeness (QED) is 0.791. The summed E-state index contributed by atoms with van der Waals surface area (Å²) in [5, 5.41) is 0.0442. The third-order valence-electron chi connectivity index (χ3n) is 2.96. The molecule has 0 N–H and O–H groups in total. The van der Waals surface area contributed by atoms with Crippen LogP contribution in [-0.4, -0.2) is 30.1 Å². The van der Waals surface area contributed by atoms with E-state index in [4.69, 9.17) is 16.0 Å². The van der Waals surface area contributed by atoms with Crippen LogP contribution in [0.5, 0.6) is 0 Å². The van der Waals surface area contributed by atoms with E-state index < -0.39 is 18.0 Å². The average molecular weight is 282 g/mol. The highest BCUT2D eigenvalue weighted by Crippen LogP contribution is 2.33. The smallest absolute Gasteiger partial charge is 0.393 e. The van der Waals surface area contributed by atoms with Gasteiger partial charge in [-0.2, -0.15) is 13.2 Å². The minimum atomic E-state index is -4.26. The van der Waals surface area contributed by atoms with Crippen molar-refractivity contribution in [1.82, 2.24) is 4.90 Å². The molecule has 1 aliphatic heterocycles. The Labute approximate surface area is 106 Å². The summed E-state index contributed by atoms with van der Waals surface area (Å²) in [5.41, 5.74) is 0. The lowest BCUT2D eigenvalue weighted by Crippen LogP contribution is -2.44. The number of piperidine rings is 1. The molecule has 1 atom stereocenters. The first-order chi connectivity index (χ1) is 8.38. The Morgan fingerprint density at radius 3 is 2.72 bits per heavy atom. The van der Waals surface area contributed by atoms with Gasteiger partial charge in [-0.25, -0.2) is 0 Å². The maximum atomic E-state index is 12.6. The topological polar surface area (TPSA) is 33.5 Å². The van der Waals surface area contributed by atoms with Crippen LogP contribution >= 0.6 is 11.6 Å². The van der Waals surface area contributed by atoms with Crippen molar-refractivity contribution in [3.05, 3.63) is 23.1 Å². The van der Waals surface area contributed by atoms with Crippen molar-refractivity contribution in [3.63, 3.8) is 0 Å². The standard InChI is InChI=1S/C11H11ClF3NO2/c12-9-4-3-8(18-9)10(17)16-5-1-2-7(6-16)11(13,14)15/h3-4,7H,1-2,5-6H2. The molecule has 18 heavy (non-hydrogen) atoms. The normalized spacial score (nSPS) is 21.1. The second kappa shape index (κ2) is 4.84. The number of carbonyl (C=O) groups excluding carboxylic acids is 1. The molecule has 1 aromatic heterocycles. The highest BCUT2D eigenvalue weighted by molar-refractivity contribution is 6.29. The van der Waals surface area contributed by atoms with Crippen molar-refractivity contribution < 1.29 is 22.4 Å². The predicted molar refractivity (Wildman–Crippen MR) is 58.4 cm³/mol. The Bertz CT molecular complexity index is 444. The van der Waals surface area contributed by atoms with Gasteiger partial charge < -0.3 is 9.32 Å². The Balaban J connectivity index is 2.07. The molecule has 1 amide bonds. The second-order valence-corrected chi connectivity index (χ2v) is 4.61. The van der Waals surface area contributed by atoms with Crippen LogP contribution in [0, 0.1) is 5.92 Å². The van der Waals surface area contributed by atoms with Crippen LogP contribution in [0.25, 0.3) is 0 Å². The molecule has 0 bridgehead atoms. The zero-order valence-electron chi connectivity index (χ0n) is 9.34. The summed E-state index contributed by atoms with van der Waals surface area (Å²) < 4.78 is 42.7. The van der Waals surface area contributed by atoms with Crippen LogP contribution in [0.3, 0.4) is 0 Å². The van der Waals surface area contributed by atoms with Crippen molar-refractivity contribution in [3.8, 4) is 0 Å². The van der Waals surface area contributed by atoms with Crippen molar-refractivity contribution >= 4 is 17.5 Å². The maximum Gasteiger partial charge on any atom is 0.393 e. The summed E-state index contributed by atoms with van der Waals surface area (Å²) in [6.07, 6.45) is -3.86. The summed E-state index contributed by atoms with van der Waals surface area (Å²) in [6.45, 7) is -0.00954. The number of amides is 1. The van der Waals surface area contributed by atoms with E-state index in [9.17, 15) is 18.0 Å². The number of rotatable bonds is 1. The molecule has 1 aromatic rings. The van der Waals surface area contributed by atoms with Crippen LogP contribution in [-0.2, 0) is 0 Å². The number of carbonyl (C=O) groups is 1. The number of hydrogen-bond acceptors (Lipinski definition) is 2. The summed E-state index contributed by atoms with van der Waals surface area (Å²) >= 11 is 5.53. The fraction of sp³-hybridized carbons (Fsp3) is 0.545. The SMILES string of the molecule is O=C(c1ccc(Cl)o1)N1CCCC(C(F)(F)F)C1. The summed E-state index contributed by atoms with van der Waals surface area (Å²) in [7, 11) is 0. The van der Waals surface area contributed by atoms with Gasteiger partial charge in [0.15, 0.2) is 11.0 Å². The van der Waals surface area contributed by atoms with E-state index in [0.29, 0.717) is 13.0 Å². The first kappa shape index (κ1) is 13.3. The van der Waals surface area contributed by atoms with E-state index in [1.807, 2.05) is 0 Å². The van der Waals surface area contributed by atoms with Gasteiger partial charge in [-0.1, -0.05) is 0 Å². The fourth-order valence-corrected chi connectivity index (χ4v) is 2.16.